The summed E-state index contributed by atoms with van der Waals surface area (Å²) in [5.41, 5.74) is 2.72. The van der Waals surface area contributed by atoms with E-state index in [2.05, 4.69) is 27.9 Å². The second-order valence-electron chi connectivity index (χ2n) is 6.92. The van der Waals surface area contributed by atoms with Gasteiger partial charge in [0.25, 0.3) is 5.92 Å². The van der Waals surface area contributed by atoms with Gasteiger partial charge in [-0.1, -0.05) is 6.92 Å². The summed E-state index contributed by atoms with van der Waals surface area (Å²) in [7, 11) is 0. The Morgan fingerprint density at radius 2 is 2.14 bits per heavy atom. The highest BCUT2D eigenvalue weighted by Crippen LogP contribution is 2.41. The van der Waals surface area contributed by atoms with Crippen LogP contribution in [-0.4, -0.2) is 36.6 Å². The van der Waals surface area contributed by atoms with Gasteiger partial charge in [0.15, 0.2) is 0 Å². The van der Waals surface area contributed by atoms with Crippen LogP contribution in [0.3, 0.4) is 0 Å². The average Bonchev–Trinajstić information content (AvgIpc) is 3.16. The Kier molecular flexibility index (Phi) is 3.43. The van der Waals surface area contributed by atoms with Gasteiger partial charge in [-0.15, -0.1) is 0 Å². The van der Waals surface area contributed by atoms with Gasteiger partial charge in [-0.05, 0) is 36.1 Å². The van der Waals surface area contributed by atoms with E-state index in [4.69, 9.17) is 0 Å². The minimum atomic E-state index is -2.67. The maximum absolute atomic E-state index is 14.1. The molecular weight excluding hydrogens is 286 g/mol. The topological polar surface area (TPSA) is 49.0 Å². The number of hydrogen-bond donors (Lipinski definition) is 3. The molecular formula is C16H22F2N4. The first-order valence-electron chi connectivity index (χ1n) is 8.09. The van der Waals surface area contributed by atoms with Gasteiger partial charge in [-0.25, -0.2) is 8.78 Å². The van der Waals surface area contributed by atoms with Gasteiger partial charge >= 0.3 is 0 Å². The normalized spacial score (nSPS) is 36.7. The highest BCUT2D eigenvalue weighted by molar-refractivity contribution is 5.40. The highest BCUT2D eigenvalue weighted by atomic mass is 19.3. The van der Waals surface area contributed by atoms with E-state index in [0.717, 1.165) is 29.8 Å². The summed E-state index contributed by atoms with van der Waals surface area (Å²) in [5, 5.41) is 9.84. The van der Waals surface area contributed by atoms with Crippen molar-refractivity contribution in [2.45, 2.75) is 43.8 Å². The average molecular weight is 308 g/mol. The molecule has 0 aliphatic carbocycles. The quantitative estimate of drug-likeness (QED) is 0.776. The highest BCUT2D eigenvalue weighted by Gasteiger charge is 2.47. The Bertz CT molecular complexity index is 577. The predicted octanol–water partition coefficient (Wildman–Crippen LogP) is 1.55. The fourth-order valence-corrected chi connectivity index (χ4v) is 4.15. The fourth-order valence-electron chi connectivity index (χ4n) is 4.15. The third-order valence-corrected chi connectivity index (χ3v) is 5.30. The fraction of sp³-hybridized carbons (Fsp3) is 0.688. The molecule has 1 aromatic heterocycles. The minimum absolute atomic E-state index is 0.142. The summed E-state index contributed by atoms with van der Waals surface area (Å²) < 4.78 is 28.2. The van der Waals surface area contributed by atoms with E-state index in [1.165, 1.54) is 0 Å². The van der Waals surface area contributed by atoms with Gasteiger partial charge in [0.1, 0.15) is 0 Å². The van der Waals surface area contributed by atoms with Crippen LogP contribution in [0.15, 0.2) is 12.3 Å². The number of pyridine rings is 1. The van der Waals surface area contributed by atoms with E-state index in [1.807, 2.05) is 0 Å². The lowest BCUT2D eigenvalue weighted by atomic mass is 9.90. The molecule has 4 heterocycles. The van der Waals surface area contributed by atoms with E-state index in [0.29, 0.717) is 25.0 Å². The van der Waals surface area contributed by atoms with Crippen LogP contribution in [0.25, 0.3) is 0 Å². The molecule has 0 bridgehead atoms. The summed E-state index contributed by atoms with van der Waals surface area (Å²) in [6.07, 6.45) is 2.80. The van der Waals surface area contributed by atoms with Gasteiger partial charge in [-0.3, -0.25) is 4.98 Å². The Hall–Kier alpha value is -1.11. The third-order valence-electron chi connectivity index (χ3n) is 5.30. The Morgan fingerprint density at radius 3 is 2.82 bits per heavy atom. The molecule has 0 spiro atoms. The first-order valence-corrected chi connectivity index (χ1v) is 8.09. The molecule has 6 heteroatoms. The van der Waals surface area contributed by atoms with Crippen LogP contribution in [0.2, 0.25) is 0 Å². The van der Waals surface area contributed by atoms with Gasteiger partial charge < -0.3 is 16.0 Å². The Balaban J connectivity index is 1.66. The molecule has 1 aromatic rings. The van der Waals surface area contributed by atoms with Crippen LogP contribution in [0.1, 0.15) is 42.1 Å². The van der Waals surface area contributed by atoms with Crippen molar-refractivity contribution in [3.63, 3.8) is 0 Å². The molecule has 4 atom stereocenters. The molecule has 2 fully saturated rings. The second-order valence-corrected chi connectivity index (χ2v) is 6.92. The van der Waals surface area contributed by atoms with Crippen molar-refractivity contribution < 1.29 is 8.78 Å². The number of rotatable bonds is 2. The smallest absolute Gasteiger partial charge is 0.268 e. The molecule has 4 nitrogen and oxygen atoms in total. The first kappa shape index (κ1) is 14.5. The molecule has 3 N–H and O–H groups in total. The van der Waals surface area contributed by atoms with Crippen LogP contribution in [0.4, 0.5) is 8.78 Å². The lowest BCUT2D eigenvalue weighted by Gasteiger charge is -2.22. The molecule has 120 valence electrons. The van der Waals surface area contributed by atoms with Gasteiger partial charge in [0.2, 0.25) is 0 Å². The maximum Gasteiger partial charge on any atom is 0.268 e. The second kappa shape index (κ2) is 5.22. The van der Waals surface area contributed by atoms with Crippen LogP contribution in [-0.2, 0) is 6.54 Å². The first-order chi connectivity index (χ1) is 10.6. The number of alkyl halides is 2. The van der Waals surface area contributed by atoms with E-state index in [-0.39, 0.29) is 12.6 Å². The largest absolute Gasteiger partial charge is 0.312 e. The number of aromatic nitrogens is 1. The van der Waals surface area contributed by atoms with E-state index >= 15 is 0 Å². The molecule has 0 saturated carbocycles. The summed E-state index contributed by atoms with van der Waals surface area (Å²) in [5.74, 6) is -2.75. The molecule has 2 saturated heterocycles. The zero-order valence-corrected chi connectivity index (χ0v) is 12.7. The van der Waals surface area contributed by atoms with Crippen molar-refractivity contribution in [3.8, 4) is 0 Å². The lowest BCUT2D eigenvalue weighted by Crippen LogP contribution is -2.34. The number of nitrogens with zero attached hydrogens (tertiary/aromatic N) is 1. The summed E-state index contributed by atoms with van der Waals surface area (Å²) in [6, 6.07) is 2.27. The summed E-state index contributed by atoms with van der Waals surface area (Å²) in [6.45, 7) is 4.00. The molecule has 22 heavy (non-hydrogen) atoms. The van der Waals surface area contributed by atoms with Crippen molar-refractivity contribution in [3.05, 3.63) is 29.1 Å². The van der Waals surface area contributed by atoms with Crippen LogP contribution in [0, 0.1) is 5.92 Å². The Labute approximate surface area is 129 Å². The molecule has 0 aromatic carbocycles. The van der Waals surface area contributed by atoms with Gasteiger partial charge in [0, 0.05) is 25.3 Å². The minimum Gasteiger partial charge on any atom is -0.312 e. The van der Waals surface area contributed by atoms with Crippen LogP contribution in [0.5, 0.6) is 0 Å². The molecule has 0 radical (unpaired) electrons. The third kappa shape index (κ3) is 2.25. The molecule has 4 rings (SSSR count). The molecule has 3 unspecified atom stereocenters. The monoisotopic (exact) mass is 308 g/mol. The number of fused-ring (bicyclic) bond motifs is 1. The van der Waals surface area contributed by atoms with Crippen molar-refractivity contribution in [1.29, 1.82) is 0 Å². The SMILES string of the molecule is C[C@H]1CNC(C2NCc3c(C4CNCC4(F)F)ccnc32)C1. The van der Waals surface area contributed by atoms with Crippen molar-refractivity contribution >= 4 is 0 Å². The maximum atomic E-state index is 14.1. The van der Waals surface area contributed by atoms with E-state index in [1.54, 1.807) is 12.3 Å². The zero-order valence-electron chi connectivity index (χ0n) is 12.7. The lowest BCUT2D eigenvalue weighted by molar-refractivity contribution is 0.00553. The Morgan fingerprint density at radius 1 is 1.27 bits per heavy atom. The van der Waals surface area contributed by atoms with Crippen LogP contribution >= 0.6 is 0 Å². The summed E-state index contributed by atoms with van der Waals surface area (Å²) >= 11 is 0. The summed E-state index contributed by atoms with van der Waals surface area (Å²) in [4.78, 5) is 4.52. The van der Waals surface area contributed by atoms with E-state index < -0.39 is 11.8 Å². The standard InChI is InChI=1S/C16H22F2N4/c1-9-4-13(21-5-9)15-14-11(6-22-15)10(2-3-20-14)12-7-19-8-16(12,17)18/h2-3,9,12-13,15,19,21-22H,4-8H2,1H3/t9-,12?,13?,15?/m1/s1. The zero-order chi connectivity index (χ0) is 15.3. The van der Waals surface area contributed by atoms with Gasteiger partial charge in [0.05, 0.1) is 24.2 Å². The number of hydrogen-bond acceptors (Lipinski definition) is 4. The van der Waals surface area contributed by atoms with E-state index in [9.17, 15) is 8.78 Å². The van der Waals surface area contributed by atoms with Gasteiger partial charge in [-0.2, -0.15) is 0 Å². The van der Waals surface area contributed by atoms with Crippen LogP contribution < -0.4 is 16.0 Å². The molecule has 3 aliphatic heterocycles. The van der Waals surface area contributed by atoms with Crippen molar-refractivity contribution in [1.82, 2.24) is 20.9 Å². The van der Waals surface area contributed by atoms with Crippen molar-refractivity contribution in [2.75, 3.05) is 19.6 Å². The van der Waals surface area contributed by atoms with Crippen molar-refractivity contribution in [2.24, 2.45) is 5.92 Å². The molecule has 3 aliphatic rings. The predicted molar refractivity (Wildman–Crippen MR) is 79.9 cm³/mol. The molecule has 0 amide bonds. The number of nitrogens with one attached hydrogen (secondary N) is 3. The number of halogens is 2.